The molecule has 0 aromatic carbocycles. The summed E-state index contributed by atoms with van der Waals surface area (Å²) in [4.78, 5) is 20.2. The molecule has 60 valence electrons. The van der Waals surface area contributed by atoms with Gasteiger partial charge in [-0.15, -0.1) is 0 Å². The van der Waals surface area contributed by atoms with Crippen molar-refractivity contribution >= 4 is 20.6 Å². The molecule has 0 spiro atoms. The Hall–Kier alpha value is -0.870. The third kappa shape index (κ3) is 5.27. The second-order valence-electron chi connectivity index (χ2n) is 0.957. The van der Waals surface area contributed by atoms with Gasteiger partial charge < -0.3 is 0 Å². The fourth-order valence-electron chi connectivity index (χ4n) is 0.171. The van der Waals surface area contributed by atoms with Gasteiger partial charge in [0.25, 0.3) is 0 Å². The molecule has 0 rings (SSSR count). The van der Waals surface area contributed by atoms with Crippen LogP contribution in [-0.2, 0) is 6.33 Å². The predicted octanol–water partition coefficient (Wildman–Crippen LogP) is 0.369. The predicted molar refractivity (Wildman–Crippen MR) is 36.1 cm³/mol. The molecule has 10 heavy (non-hydrogen) atoms. The van der Waals surface area contributed by atoms with Gasteiger partial charge in [0.15, 0.2) is 0 Å². The summed E-state index contributed by atoms with van der Waals surface area (Å²) in [5, 5.41) is 16.8. The second kappa shape index (κ2) is 4.03. The van der Waals surface area contributed by atoms with Crippen molar-refractivity contribution in [2.24, 2.45) is 0 Å². The molecule has 0 aromatic heterocycles. The van der Waals surface area contributed by atoms with Crippen molar-refractivity contribution in [3.8, 4) is 0 Å². The van der Waals surface area contributed by atoms with Crippen molar-refractivity contribution in [2.45, 2.75) is 0 Å². The van der Waals surface area contributed by atoms with Gasteiger partial charge in [0, 0.05) is 0 Å². The van der Waals surface area contributed by atoms with E-state index in [-0.39, 0.29) is 0 Å². The van der Waals surface area contributed by atoms with Gasteiger partial charge in [0.05, 0.1) is 0 Å². The first kappa shape index (κ1) is 9.13. The van der Waals surface area contributed by atoms with Crippen LogP contribution in [0, 0.1) is 20.2 Å². The monoisotopic (exact) mass is 266 g/mol. The summed E-state index contributed by atoms with van der Waals surface area (Å²) < 4.78 is 7.55. The average molecular weight is 266 g/mol. The number of alkyl halides is 1. The molecule has 8 nitrogen and oxygen atoms in total. The quantitative estimate of drug-likeness (QED) is 0.315. The molecule has 0 radical (unpaired) electrons. The molecule has 0 atom stereocenters. The molecule has 0 aliphatic carbocycles. The Balaban J connectivity index is 3.53. The van der Waals surface area contributed by atoms with Gasteiger partial charge in [-0.1, -0.05) is 0 Å². The van der Waals surface area contributed by atoms with Crippen molar-refractivity contribution in [3.63, 3.8) is 0 Å². The normalized spacial score (nSPS) is 9.90. The SMILES string of the molecule is CI(O[N+](=O)[O-])O[N+](=O)[O-]. The molecule has 0 unspecified atom stereocenters. The molecule has 0 aliphatic heterocycles. The maximum atomic E-state index is 9.51. The zero-order valence-corrected chi connectivity index (χ0v) is 6.88. The molecule has 9 heteroatoms. The third-order valence-corrected chi connectivity index (χ3v) is 2.06. The van der Waals surface area contributed by atoms with Crippen LogP contribution in [0.15, 0.2) is 0 Å². The van der Waals surface area contributed by atoms with Crippen LogP contribution in [0.3, 0.4) is 0 Å². The van der Waals surface area contributed by atoms with Crippen molar-refractivity contribution < 1.29 is 16.5 Å². The van der Waals surface area contributed by atoms with E-state index in [1.165, 1.54) is 4.93 Å². The molecule has 0 fully saturated rings. The van der Waals surface area contributed by atoms with Gasteiger partial charge in [-0.25, -0.2) is 0 Å². The van der Waals surface area contributed by atoms with Gasteiger partial charge in [0.1, 0.15) is 0 Å². The van der Waals surface area contributed by atoms with Crippen LogP contribution in [0.25, 0.3) is 0 Å². The Morgan fingerprint density at radius 3 is 1.70 bits per heavy atom. The summed E-state index contributed by atoms with van der Waals surface area (Å²) in [6.07, 6.45) is 0. The van der Waals surface area contributed by atoms with Gasteiger partial charge in [-0.05, 0) is 0 Å². The van der Waals surface area contributed by atoms with E-state index < -0.39 is 30.8 Å². The van der Waals surface area contributed by atoms with Gasteiger partial charge >= 0.3 is 62.3 Å². The van der Waals surface area contributed by atoms with Crippen LogP contribution >= 0.6 is 20.6 Å². The molecule has 0 aromatic rings. The van der Waals surface area contributed by atoms with Gasteiger partial charge in [-0.3, -0.25) is 0 Å². The number of halogens is 1. The van der Waals surface area contributed by atoms with E-state index in [9.17, 15) is 20.2 Å². The molecule has 0 saturated carbocycles. The summed E-state index contributed by atoms with van der Waals surface area (Å²) >= 11 is -2.87. The van der Waals surface area contributed by atoms with Crippen LogP contribution in [0.1, 0.15) is 0 Å². The fraction of sp³-hybridized carbons (Fsp3) is 1.00. The number of nitrogens with zero attached hydrogens (tertiary/aromatic N) is 2. The van der Waals surface area contributed by atoms with Crippen LogP contribution < -0.4 is 0 Å². The zero-order chi connectivity index (χ0) is 8.15. The molecule has 0 aliphatic rings. The van der Waals surface area contributed by atoms with E-state index in [1.54, 1.807) is 0 Å². The van der Waals surface area contributed by atoms with Crippen molar-refractivity contribution in [1.29, 1.82) is 0 Å². The van der Waals surface area contributed by atoms with Crippen LogP contribution in [0.2, 0.25) is 0 Å². The average Bonchev–Trinajstić information content (AvgIpc) is 1.58. The Morgan fingerprint density at radius 1 is 1.20 bits per heavy atom. The van der Waals surface area contributed by atoms with Gasteiger partial charge in [-0.2, -0.15) is 0 Å². The Kier molecular flexibility index (Phi) is 3.68. The van der Waals surface area contributed by atoms with E-state index >= 15 is 0 Å². The van der Waals surface area contributed by atoms with Crippen molar-refractivity contribution in [3.05, 3.63) is 20.2 Å². The number of rotatable bonds is 4. The standard InChI is InChI=1S/CH3IN2O6/c1-2(9-3(5)6)10-4(7)8/h1H3. The molecule has 0 amide bonds. The zero-order valence-electron chi connectivity index (χ0n) is 4.72. The van der Waals surface area contributed by atoms with E-state index in [4.69, 9.17) is 0 Å². The van der Waals surface area contributed by atoms with Gasteiger partial charge in [0.2, 0.25) is 0 Å². The molecule has 0 heterocycles. The number of hydrogen-bond donors (Lipinski definition) is 0. The first-order valence-corrected chi connectivity index (χ1v) is 5.70. The summed E-state index contributed by atoms with van der Waals surface area (Å²) in [5.41, 5.74) is 0. The van der Waals surface area contributed by atoms with Crippen molar-refractivity contribution in [1.82, 2.24) is 0 Å². The Morgan fingerprint density at radius 2 is 1.50 bits per heavy atom. The minimum absolute atomic E-state index is 1.10. The molecule has 0 N–H and O–H groups in total. The molecular formula is CH3IN2O6. The van der Waals surface area contributed by atoms with Crippen LogP contribution in [-0.4, -0.2) is 15.1 Å². The van der Waals surface area contributed by atoms with Crippen LogP contribution in [0.4, 0.5) is 0 Å². The maximum absolute atomic E-state index is 9.51. The summed E-state index contributed by atoms with van der Waals surface area (Å²) in [7, 11) is 0. The topological polar surface area (TPSA) is 105 Å². The van der Waals surface area contributed by atoms with E-state index in [0.717, 1.165) is 0 Å². The summed E-state index contributed by atoms with van der Waals surface area (Å²) in [6.45, 7) is 0. The molecule has 0 saturated heterocycles. The first-order valence-electron chi connectivity index (χ1n) is 1.78. The molecule has 0 bridgehead atoms. The van der Waals surface area contributed by atoms with E-state index in [1.807, 2.05) is 0 Å². The van der Waals surface area contributed by atoms with Crippen LogP contribution in [0.5, 0.6) is 0 Å². The molecular weight excluding hydrogens is 263 g/mol. The summed E-state index contributed by atoms with van der Waals surface area (Å²) in [6, 6.07) is 0. The Labute approximate surface area is 62.8 Å². The third-order valence-electron chi connectivity index (χ3n) is 0.307. The number of hydrogen-bond acceptors (Lipinski definition) is 6. The minimum atomic E-state index is -2.87. The summed E-state index contributed by atoms with van der Waals surface area (Å²) in [5.74, 6) is 0. The second-order valence-corrected chi connectivity index (χ2v) is 3.87. The first-order chi connectivity index (χ1) is 4.52. The Bertz CT molecular complexity index is 131. The van der Waals surface area contributed by atoms with Crippen molar-refractivity contribution in [2.75, 3.05) is 4.93 Å². The van der Waals surface area contributed by atoms with E-state index in [0.29, 0.717) is 0 Å². The fourth-order valence-corrected chi connectivity index (χ4v) is 1.15. The van der Waals surface area contributed by atoms with E-state index in [2.05, 4.69) is 6.33 Å².